The molecule has 0 aliphatic heterocycles. The Balaban J connectivity index is 1.63. The Morgan fingerprint density at radius 1 is 1.42 bits per heavy atom. The van der Waals surface area contributed by atoms with Crippen molar-refractivity contribution in [2.75, 3.05) is 0 Å². The molecule has 1 amide bonds. The second-order valence-corrected chi connectivity index (χ2v) is 9.06. The van der Waals surface area contributed by atoms with E-state index in [9.17, 15) is 4.79 Å². The molecule has 5 heteroatoms. The second-order valence-electron chi connectivity index (χ2n) is 5.83. The van der Waals surface area contributed by atoms with Crippen molar-refractivity contribution in [1.82, 2.24) is 5.32 Å². The Kier molecular flexibility index (Phi) is 4.07. The monoisotopic (exact) mass is 405 g/mol. The summed E-state index contributed by atoms with van der Waals surface area (Å²) in [5.41, 5.74) is 0. The summed E-state index contributed by atoms with van der Waals surface area (Å²) in [6.45, 7) is 2.17. The zero-order chi connectivity index (χ0) is 13.6. The second kappa shape index (κ2) is 5.49. The van der Waals surface area contributed by atoms with Gasteiger partial charge in [0.05, 0.1) is 8.66 Å². The van der Waals surface area contributed by atoms with Crippen LogP contribution < -0.4 is 5.32 Å². The smallest absolute Gasteiger partial charge is 0.261 e. The number of amides is 1. The van der Waals surface area contributed by atoms with Crippen LogP contribution >= 0.6 is 43.2 Å². The molecule has 2 aliphatic carbocycles. The molecule has 2 nitrogen and oxygen atoms in total. The highest BCUT2D eigenvalue weighted by Gasteiger charge is 2.42. The van der Waals surface area contributed by atoms with Gasteiger partial charge in [-0.25, -0.2) is 0 Å². The van der Waals surface area contributed by atoms with Crippen LogP contribution in [0.2, 0.25) is 0 Å². The van der Waals surface area contributed by atoms with Gasteiger partial charge in [0.2, 0.25) is 0 Å². The summed E-state index contributed by atoms with van der Waals surface area (Å²) < 4.78 is 1.93. The molecule has 2 saturated carbocycles. The van der Waals surface area contributed by atoms with Crippen LogP contribution in [0, 0.1) is 17.8 Å². The molecule has 0 radical (unpaired) electrons. The van der Waals surface area contributed by atoms with Gasteiger partial charge in [0.25, 0.3) is 5.91 Å². The van der Waals surface area contributed by atoms with E-state index in [0.717, 1.165) is 25.0 Å². The van der Waals surface area contributed by atoms with Crippen molar-refractivity contribution >= 4 is 49.1 Å². The largest absolute Gasteiger partial charge is 0.349 e. The van der Waals surface area contributed by atoms with Gasteiger partial charge in [0.1, 0.15) is 0 Å². The van der Waals surface area contributed by atoms with E-state index in [4.69, 9.17) is 0 Å². The fraction of sp³-hybridized carbons (Fsp3) is 0.643. The molecule has 1 N–H and O–H groups in total. The molecule has 104 valence electrons. The maximum Gasteiger partial charge on any atom is 0.261 e. The van der Waals surface area contributed by atoms with E-state index in [0.29, 0.717) is 12.0 Å². The standard InChI is InChI=1S/C14H17Br2NOS/c1-7(10-5-8-2-3-9(10)4-8)17-14(18)12-6-11(15)13(16)19-12/h6-10H,2-5H2,1H3,(H,17,18)/t7-,8+,9+,10+/m0/s1. The van der Waals surface area contributed by atoms with E-state index in [2.05, 4.69) is 44.1 Å². The minimum Gasteiger partial charge on any atom is -0.349 e. The van der Waals surface area contributed by atoms with Crippen molar-refractivity contribution in [3.8, 4) is 0 Å². The van der Waals surface area contributed by atoms with Gasteiger partial charge in [0.15, 0.2) is 0 Å². The summed E-state index contributed by atoms with van der Waals surface area (Å²) in [6.07, 6.45) is 5.48. The molecule has 0 unspecified atom stereocenters. The van der Waals surface area contributed by atoms with Crippen molar-refractivity contribution in [3.05, 3.63) is 19.2 Å². The molecule has 1 heterocycles. The predicted molar refractivity (Wildman–Crippen MR) is 85.6 cm³/mol. The van der Waals surface area contributed by atoms with Gasteiger partial charge in [0, 0.05) is 10.5 Å². The van der Waals surface area contributed by atoms with Gasteiger partial charge in [-0.1, -0.05) is 6.42 Å². The van der Waals surface area contributed by atoms with Gasteiger partial charge >= 0.3 is 0 Å². The number of carbonyl (C=O) groups is 1. The highest BCUT2D eigenvalue weighted by atomic mass is 79.9. The first-order valence-electron chi connectivity index (χ1n) is 6.80. The van der Waals surface area contributed by atoms with Crippen LogP contribution in [0.1, 0.15) is 42.3 Å². The average Bonchev–Trinajstić information content (AvgIpc) is 3.06. The molecule has 1 aromatic heterocycles. The Bertz CT molecular complexity index is 482. The number of hydrogen-bond donors (Lipinski definition) is 1. The van der Waals surface area contributed by atoms with Crippen LogP contribution in [0.15, 0.2) is 14.3 Å². The van der Waals surface area contributed by atoms with Gasteiger partial charge in [-0.2, -0.15) is 0 Å². The molecule has 0 spiro atoms. The number of nitrogens with one attached hydrogen (secondary N) is 1. The predicted octanol–water partition coefficient (Wildman–Crippen LogP) is 4.83. The highest BCUT2D eigenvalue weighted by molar-refractivity contribution is 9.13. The third-order valence-electron chi connectivity index (χ3n) is 4.66. The quantitative estimate of drug-likeness (QED) is 0.765. The topological polar surface area (TPSA) is 29.1 Å². The van der Waals surface area contributed by atoms with Crippen LogP contribution in [0.5, 0.6) is 0 Å². The maximum atomic E-state index is 12.2. The van der Waals surface area contributed by atoms with Crippen LogP contribution in [0.3, 0.4) is 0 Å². The number of hydrogen-bond acceptors (Lipinski definition) is 2. The van der Waals surface area contributed by atoms with Gasteiger partial charge in [-0.15, -0.1) is 11.3 Å². The van der Waals surface area contributed by atoms with Crippen molar-refractivity contribution in [1.29, 1.82) is 0 Å². The molecular weight excluding hydrogens is 390 g/mol. The zero-order valence-corrected chi connectivity index (χ0v) is 14.8. The maximum absolute atomic E-state index is 12.2. The van der Waals surface area contributed by atoms with E-state index in [-0.39, 0.29) is 5.91 Å². The molecule has 0 aromatic carbocycles. The highest BCUT2D eigenvalue weighted by Crippen LogP contribution is 2.49. The summed E-state index contributed by atoms with van der Waals surface area (Å²) in [4.78, 5) is 13.0. The Morgan fingerprint density at radius 2 is 2.21 bits per heavy atom. The normalized spacial score (nSPS) is 30.6. The Hall–Kier alpha value is 0.130. The average molecular weight is 407 g/mol. The van der Waals surface area contributed by atoms with E-state index in [1.165, 1.54) is 37.0 Å². The summed E-state index contributed by atoms with van der Waals surface area (Å²) in [6, 6.07) is 2.18. The lowest BCUT2D eigenvalue weighted by atomic mass is 9.84. The number of fused-ring (bicyclic) bond motifs is 2. The first-order valence-corrected chi connectivity index (χ1v) is 9.20. The molecule has 2 aliphatic rings. The molecule has 2 bridgehead atoms. The molecular formula is C14H17Br2NOS. The Labute approximate surface area is 134 Å². The number of carbonyl (C=O) groups excluding carboxylic acids is 1. The summed E-state index contributed by atoms with van der Waals surface area (Å²) in [5, 5.41) is 3.19. The fourth-order valence-electron chi connectivity index (χ4n) is 3.75. The van der Waals surface area contributed by atoms with Crippen molar-refractivity contribution < 1.29 is 4.79 Å². The fourth-order valence-corrected chi connectivity index (χ4v) is 5.69. The molecule has 1 aromatic rings. The summed E-state index contributed by atoms with van der Waals surface area (Å²) in [5.74, 6) is 2.53. The lowest BCUT2D eigenvalue weighted by Crippen LogP contribution is -2.39. The molecule has 0 saturated heterocycles. The zero-order valence-electron chi connectivity index (χ0n) is 10.8. The molecule has 4 atom stereocenters. The summed E-state index contributed by atoms with van der Waals surface area (Å²) in [7, 11) is 0. The van der Waals surface area contributed by atoms with Crippen LogP contribution in [-0.4, -0.2) is 11.9 Å². The van der Waals surface area contributed by atoms with E-state index in [1.807, 2.05) is 6.07 Å². The first-order chi connectivity index (χ1) is 9.04. The number of rotatable bonds is 3. The van der Waals surface area contributed by atoms with Crippen molar-refractivity contribution in [3.63, 3.8) is 0 Å². The van der Waals surface area contributed by atoms with E-state index < -0.39 is 0 Å². The van der Waals surface area contributed by atoms with Gasteiger partial charge in [-0.3, -0.25) is 4.79 Å². The molecule has 2 fully saturated rings. The van der Waals surface area contributed by atoms with Crippen LogP contribution in [0.25, 0.3) is 0 Å². The van der Waals surface area contributed by atoms with E-state index in [1.54, 1.807) is 0 Å². The van der Waals surface area contributed by atoms with E-state index >= 15 is 0 Å². The van der Waals surface area contributed by atoms with Gasteiger partial charge < -0.3 is 5.32 Å². The number of halogens is 2. The minimum absolute atomic E-state index is 0.0617. The third kappa shape index (κ3) is 2.79. The molecule has 3 rings (SSSR count). The van der Waals surface area contributed by atoms with Crippen molar-refractivity contribution in [2.45, 2.75) is 38.6 Å². The number of thiophene rings is 1. The first kappa shape index (κ1) is 14.1. The third-order valence-corrected chi connectivity index (χ3v) is 7.92. The van der Waals surface area contributed by atoms with Crippen LogP contribution in [-0.2, 0) is 0 Å². The van der Waals surface area contributed by atoms with Crippen molar-refractivity contribution in [2.24, 2.45) is 17.8 Å². The molecule has 19 heavy (non-hydrogen) atoms. The SMILES string of the molecule is C[C@H](NC(=O)c1cc(Br)c(Br)s1)[C@H]1C[C@@H]2CC[C@@H]1C2. The lowest BCUT2D eigenvalue weighted by Gasteiger charge is -2.28. The van der Waals surface area contributed by atoms with Crippen LogP contribution in [0.4, 0.5) is 0 Å². The minimum atomic E-state index is 0.0617. The summed E-state index contributed by atoms with van der Waals surface area (Å²) >= 11 is 8.34. The Morgan fingerprint density at radius 3 is 2.74 bits per heavy atom. The lowest BCUT2D eigenvalue weighted by molar-refractivity contribution is 0.0919. The van der Waals surface area contributed by atoms with Gasteiger partial charge in [-0.05, 0) is 81.9 Å².